The summed E-state index contributed by atoms with van der Waals surface area (Å²) in [5.41, 5.74) is 9.12. The zero-order valence-electron chi connectivity index (χ0n) is 24.1. The number of nitrogens with zero attached hydrogens (tertiary/aromatic N) is 1. The van der Waals surface area contributed by atoms with E-state index in [4.69, 9.17) is 5.73 Å². The van der Waals surface area contributed by atoms with Crippen LogP contribution in [-0.4, -0.2) is 60.4 Å². The van der Waals surface area contributed by atoms with Crippen molar-refractivity contribution in [1.82, 2.24) is 20.9 Å². The minimum atomic E-state index is -0.786. The summed E-state index contributed by atoms with van der Waals surface area (Å²) in [7, 11) is 1.75. The van der Waals surface area contributed by atoms with Gasteiger partial charge in [0.05, 0.1) is 12.1 Å². The number of rotatable bonds is 10. The minimum absolute atomic E-state index is 0.0551. The highest BCUT2D eigenvalue weighted by atomic mass is 16.2. The fourth-order valence-corrected chi connectivity index (χ4v) is 6.44. The monoisotopic (exact) mass is 567 g/mol. The number of carbonyl (C=O) groups excluding carboxylic acids is 3. The molecule has 2 saturated heterocycles. The Morgan fingerprint density at radius 2 is 1.43 bits per heavy atom. The molecule has 5 atom stereocenters. The first-order valence-electron chi connectivity index (χ1n) is 14.9. The maximum absolute atomic E-state index is 14.2. The highest BCUT2D eigenvalue weighted by Gasteiger charge is 2.47. The van der Waals surface area contributed by atoms with Crippen LogP contribution >= 0.6 is 0 Å². The van der Waals surface area contributed by atoms with E-state index in [1.165, 1.54) is 0 Å². The number of nitrogens with two attached hydrogens (primary N) is 1. The molecule has 220 valence electrons. The van der Waals surface area contributed by atoms with E-state index >= 15 is 0 Å². The van der Waals surface area contributed by atoms with Gasteiger partial charge in [-0.15, -0.1) is 0 Å². The van der Waals surface area contributed by atoms with Gasteiger partial charge in [0, 0.05) is 12.0 Å². The normalized spacial score (nSPS) is 22.7. The van der Waals surface area contributed by atoms with Crippen molar-refractivity contribution in [2.24, 2.45) is 11.7 Å². The smallest absolute Gasteiger partial charge is 0.246 e. The second-order valence-electron chi connectivity index (χ2n) is 11.3. The number of likely N-dealkylation sites (N-methyl/N-ethyl adjacent to an activating group) is 1. The first-order valence-corrected chi connectivity index (χ1v) is 14.9. The van der Waals surface area contributed by atoms with Crippen molar-refractivity contribution in [3.05, 3.63) is 108 Å². The number of nitrogens with one attached hydrogen (secondary N) is 3. The van der Waals surface area contributed by atoms with Crippen molar-refractivity contribution >= 4 is 17.7 Å². The number of fused-ring (bicyclic) bond motifs is 1. The molecule has 3 aromatic rings. The van der Waals surface area contributed by atoms with Gasteiger partial charge in [-0.3, -0.25) is 14.4 Å². The summed E-state index contributed by atoms with van der Waals surface area (Å²) in [5.74, 6) is -0.849. The van der Waals surface area contributed by atoms with Crippen LogP contribution in [0.3, 0.4) is 0 Å². The Balaban J connectivity index is 1.35. The first-order chi connectivity index (χ1) is 20.5. The summed E-state index contributed by atoms with van der Waals surface area (Å²) in [6.07, 6.45) is 3.29. The van der Waals surface area contributed by atoms with E-state index in [0.717, 1.165) is 29.5 Å². The summed E-state index contributed by atoms with van der Waals surface area (Å²) in [6, 6.07) is 27.2. The molecular weight excluding hydrogens is 526 g/mol. The molecule has 0 radical (unpaired) electrons. The second-order valence-corrected chi connectivity index (χ2v) is 11.3. The van der Waals surface area contributed by atoms with Gasteiger partial charge < -0.3 is 26.6 Å². The summed E-state index contributed by atoms with van der Waals surface area (Å²) in [5, 5.41) is 9.38. The number of carbonyl (C=O) groups is 3. The van der Waals surface area contributed by atoms with E-state index in [2.05, 4.69) is 16.0 Å². The van der Waals surface area contributed by atoms with E-state index in [1.807, 2.05) is 91.0 Å². The first kappa shape index (κ1) is 29.5. The van der Waals surface area contributed by atoms with Gasteiger partial charge in [-0.05, 0) is 62.4 Å². The van der Waals surface area contributed by atoms with Crippen LogP contribution in [0, 0.1) is 5.92 Å². The quantitative estimate of drug-likeness (QED) is 0.301. The molecular formula is C34H41N5O3. The third-order valence-electron chi connectivity index (χ3n) is 8.77. The van der Waals surface area contributed by atoms with Gasteiger partial charge in [0.2, 0.25) is 17.7 Å². The average molecular weight is 568 g/mol. The molecule has 8 heteroatoms. The van der Waals surface area contributed by atoms with Gasteiger partial charge >= 0.3 is 0 Å². The Morgan fingerprint density at radius 3 is 2.00 bits per heavy atom. The average Bonchev–Trinajstić information content (AvgIpc) is 3.42. The van der Waals surface area contributed by atoms with Crippen LogP contribution in [0.15, 0.2) is 91.0 Å². The summed E-state index contributed by atoms with van der Waals surface area (Å²) in [6.45, 7) is 0.279. The molecule has 0 spiro atoms. The maximum atomic E-state index is 14.2. The standard InChI is InChI=1S/C34H41N5O3/c1-36-28(21-23-11-5-2-6-12-23)32(40)38-31-26(22-35)17-18-27-19-20-29(39(27)34(31)42)33(41)37-30(24-13-7-3-8-14-24)25-15-9-4-10-16-25/h2-16,26-31,36H,17-22,35H2,1H3,(H,37,41)(H,38,40). The zero-order chi connectivity index (χ0) is 29.5. The largest absolute Gasteiger partial charge is 0.343 e. The van der Waals surface area contributed by atoms with Crippen molar-refractivity contribution in [2.45, 2.75) is 62.3 Å². The number of hydrogen-bond acceptors (Lipinski definition) is 5. The van der Waals surface area contributed by atoms with E-state index in [9.17, 15) is 14.4 Å². The molecule has 3 aromatic carbocycles. The topological polar surface area (TPSA) is 117 Å². The summed E-state index contributed by atoms with van der Waals surface area (Å²) < 4.78 is 0. The van der Waals surface area contributed by atoms with E-state index in [1.54, 1.807) is 11.9 Å². The predicted molar refractivity (Wildman–Crippen MR) is 163 cm³/mol. The molecule has 0 bridgehead atoms. The van der Waals surface area contributed by atoms with Crippen molar-refractivity contribution in [1.29, 1.82) is 0 Å². The molecule has 2 fully saturated rings. The molecule has 0 aromatic heterocycles. The highest BCUT2D eigenvalue weighted by molar-refractivity contribution is 5.94. The molecule has 42 heavy (non-hydrogen) atoms. The van der Waals surface area contributed by atoms with Gasteiger partial charge in [0.15, 0.2) is 0 Å². The highest BCUT2D eigenvalue weighted by Crippen LogP contribution is 2.34. The van der Waals surface area contributed by atoms with Gasteiger partial charge in [-0.25, -0.2) is 0 Å². The van der Waals surface area contributed by atoms with Crippen LogP contribution in [0.2, 0.25) is 0 Å². The van der Waals surface area contributed by atoms with Gasteiger partial charge in [-0.2, -0.15) is 0 Å². The van der Waals surface area contributed by atoms with Crippen LogP contribution < -0.4 is 21.7 Å². The zero-order valence-corrected chi connectivity index (χ0v) is 24.1. The van der Waals surface area contributed by atoms with Crippen molar-refractivity contribution < 1.29 is 14.4 Å². The molecule has 3 amide bonds. The SMILES string of the molecule is CNC(Cc1ccccc1)C(=O)NC1C(=O)N2C(CCC1CN)CCC2C(=O)NC(c1ccccc1)c1ccccc1. The van der Waals surface area contributed by atoms with Crippen LogP contribution in [-0.2, 0) is 20.8 Å². The lowest BCUT2D eigenvalue weighted by Crippen LogP contribution is -2.59. The van der Waals surface area contributed by atoms with Crippen LogP contribution in [0.4, 0.5) is 0 Å². The third-order valence-corrected chi connectivity index (χ3v) is 8.77. The lowest BCUT2D eigenvalue weighted by Gasteiger charge is -2.33. The minimum Gasteiger partial charge on any atom is -0.343 e. The summed E-state index contributed by atoms with van der Waals surface area (Å²) in [4.78, 5) is 43.3. The van der Waals surface area contributed by atoms with Crippen LogP contribution in [0.25, 0.3) is 0 Å². The predicted octanol–water partition coefficient (Wildman–Crippen LogP) is 2.94. The molecule has 5 rings (SSSR count). The fourth-order valence-electron chi connectivity index (χ4n) is 6.44. The molecule has 0 saturated carbocycles. The Bertz CT molecular complexity index is 1300. The Kier molecular flexibility index (Phi) is 9.66. The van der Waals surface area contributed by atoms with E-state index < -0.39 is 18.1 Å². The number of amides is 3. The molecule has 2 aliphatic heterocycles. The Morgan fingerprint density at radius 1 is 0.857 bits per heavy atom. The number of hydrogen-bond donors (Lipinski definition) is 4. The number of benzene rings is 3. The van der Waals surface area contributed by atoms with Crippen molar-refractivity contribution in [2.75, 3.05) is 13.6 Å². The summed E-state index contributed by atoms with van der Waals surface area (Å²) >= 11 is 0. The Labute approximate surface area is 248 Å². The van der Waals surface area contributed by atoms with Gasteiger partial charge in [0.25, 0.3) is 0 Å². The maximum Gasteiger partial charge on any atom is 0.246 e. The molecule has 2 heterocycles. The molecule has 2 aliphatic rings. The lowest BCUT2D eigenvalue weighted by molar-refractivity contribution is -0.143. The lowest BCUT2D eigenvalue weighted by atomic mass is 9.93. The molecule has 5 N–H and O–H groups in total. The van der Waals surface area contributed by atoms with Gasteiger partial charge in [-0.1, -0.05) is 91.0 Å². The second kappa shape index (κ2) is 13.8. The third kappa shape index (κ3) is 6.55. The molecule has 5 unspecified atom stereocenters. The van der Waals surface area contributed by atoms with Crippen molar-refractivity contribution in [3.8, 4) is 0 Å². The van der Waals surface area contributed by atoms with Crippen LogP contribution in [0.5, 0.6) is 0 Å². The fraction of sp³-hybridized carbons (Fsp3) is 0.382. The van der Waals surface area contributed by atoms with Crippen molar-refractivity contribution in [3.63, 3.8) is 0 Å². The Hall–Kier alpha value is -4.01. The van der Waals surface area contributed by atoms with Gasteiger partial charge in [0.1, 0.15) is 12.1 Å². The molecule has 0 aliphatic carbocycles. The van der Waals surface area contributed by atoms with E-state index in [0.29, 0.717) is 19.3 Å². The molecule has 8 nitrogen and oxygen atoms in total. The van der Waals surface area contributed by atoms with E-state index in [-0.39, 0.29) is 42.3 Å². The van der Waals surface area contributed by atoms with Crippen LogP contribution in [0.1, 0.15) is 48.4 Å².